The predicted octanol–water partition coefficient (Wildman–Crippen LogP) is 3.97. The predicted molar refractivity (Wildman–Crippen MR) is 137 cm³/mol. The van der Waals surface area contributed by atoms with Gasteiger partial charge in [0.1, 0.15) is 23.8 Å². The number of aromatic nitrogens is 2. The number of carbonyl (C=O) groups excluding carboxylic acids is 1. The number of hydrogen-bond acceptors (Lipinski definition) is 7. The minimum atomic E-state index is -0.428. The highest BCUT2D eigenvalue weighted by atomic mass is 32.1. The lowest BCUT2D eigenvalue weighted by atomic mass is 10.1. The minimum Gasteiger partial charge on any atom is -0.496 e. The average molecular weight is 508 g/mol. The molecule has 1 aromatic heterocycles. The maximum Gasteiger partial charge on any atom is 0.276 e. The number of carbonyl (C=O) groups is 1. The van der Waals surface area contributed by atoms with Crippen molar-refractivity contribution in [1.29, 1.82) is 0 Å². The molecule has 2 heterocycles. The van der Waals surface area contributed by atoms with E-state index in [2.05, 4.69) is 10.4 Å². The van der Waals surface area contributed by atoms with E-state index < -0.39 is 4.92 Å². The van der Waals surface area contributed by atoms with Gasteiger partial charge in [-0.25, -0.2) is 0 Å². The minimum absolute atomic E-state index is 0.0356. The van der Waals surface area contributed by atoms with Gasteiger partial charge >= 0.3 is 0 Å². The van der Waals surface area contributed by atoms with Crippen LogP contribution in [0.2, 0.25) is 0 Å². The number of thiocarbonyl (C=S) groups is 1. The lowest BCUT2D eigenvalue weighted by Crippen LogP contribution is -2.29. The number of ether oxygens (including phenoxy) is 2. The molecule has 10 nitrogen and oxygen atoms in total. The Labute approximate surface area is 213 Å². The Morgan fingerprint density at radius 3 is 2.72 bits per heavy atom. The van der Waals surface area contributed by atoms with Gasteiger partial charge in [0.15, 0.2) is 5.11 Å². The van der Waals surface area contributed by atoms with Crippen LogP contribution in [-0.4, -0.2) is 37.7 Å². The largest absolute Gasteiger partial charge is 0.496 e. The molecule has 0 bridgehead atoms. The highest BCUT2D eigenvalue weighted by molar-refractivity contribution is 7.80. The molecule has 1 N–H and O–H groups in total. The molecule has 1 aliphatic heterocycles. The zero-order valence-electron chi connectivity index (χ0n) is 20.1. The van der Waals surface area contributed by atoms with Gasteiger partial charge in [-0.1, -0.05) is 6.07 Å². The van der Waals surface area contributed by atoms with Gasteiger partial charge in [-0.05, 0) is 62.0 Å². The number of benzene rings is 2. The summed E-state index contributed by atoms with van der Waals surface area (Å²) in [5, 5.41) is 18.6. The number of rotatable bonds is 9. The zero-order chi connectivity index (χ0) is 25.8. The maximum absolute atomic E-state index is 13.0. The fourth-order valence-corrected chi connectivity index (χ4v) is 4.07. The van der Waals surface area contributed by atoms with Gasteiger partial charge in [-0.3, -0.25) is 24.5 Å². The van der Waals surface area contributed by atoms with Crippen LogP contribution in [0.3, 0.4) is 0 Å². The number of aryl methyl sites for hydroxylation is 2. The summed E-state index contributed by atoms with van der Waals surface area (Å²) in [6, 6.07) is 10.1. The van der Waals surface area contributed by atoms with Gasteiger partial charge in [0.25, 0.3) is 11.6 Å². The van der Waals surface area contributed by atoms with E-state index in [4.69, 9.17) is 21.7 Å². The van der Waals surface area contributed by atoms with Crippen LogP contribution in [0.1, 0.15) is 29.2 Å². The van der Waals surface area contributed by atoms with Crippen LogP contribution in [0, 0.1) is 17.0 Å². The summed E-state index contributed by atoms with van der Waals surface area (Å²) in [5.74, 6) is 0.898. The third kappa shape index (κ3) is 5.36. The third-order valence-corrected chi connectivity index (χ3v) is 6.01. The summed E-state index contributed by atoms with van der Waals surface area (Å²) in [6.07, 6.45) is 5.34. The summed E-state index contributed by atoms with van der Waals surface area (Å²) in [7, 11) is 1.56. The molecule has 0 atom stereocenters. The van der Waals surface area contributed by atoms with Crippen molar-refractivity contribution < 1.29 is 19.2 Å². The number of nitro groups is 1. The van der Waals surface area contributed by atoms with E-state index in [1.54, 1.807) is 49.2 Å². The Bertz CT molecular complexity index is 1370. The molecule has 36 heavy (non-hydrogen) atoms. The van der Waals surface area contributed by atoms with E-state index in [1.165, 1.54) is 11.0 Å². The van der Waals surface area contributed by atoms with Gasteiger partial charge in [-0.15, -0.1) is 0 Å². The third-order valence-electron chi connectivity index (χ3n) is 5.69. The second-order valence-corrected chi connectivity index (χ2v) is 8.54. The number of amides is 1. The Hall–Kier alpha value is -4.25. The fraction of sp³-hybridized carbons (Fsp3) is 0.240. The highest BCUT2D eigenvalue weighted by Crippen LogP contribution is 2.27. The quantitative estimate of drug-likeness (QED) is 0.200. The average Bonchev–Trinajstić information content (AvgIpc) is 3.42. The molecule has 0 spiro atoms. The lowest BCUT2D eigenvalue weighted by Gasteiger charge is -2.12. The van der Waals surface area contributed by atoms with E-state index in [0.29, 0.717) is 34.4 Å². The molecular weight excluding hydrogens is 482 g/mol. The van der Waals surface area contributed by atoms with Crippen LogP contribution in [0.5, 0.6) is 11.5 Å². The molecule has 1 amide bonds. The normalized spacial score (nSPS) is 14.3. The fourth-order valence-electron chi connectivity index (χ4n) is 3.81. The van der Waals surface area contributed by atoms with Crippen molar-refractivity contribution in [2.45, 2.75) is 33.5 Å². The molecule has 0 aliphatic carbocycles. The number of nitrogens with zero attached hydrogens (tertiary/aromatic N) is 4. The van der Waals surface area contributed by atoms with E-state index in [-0.39, 0.29) is 18.2 Å². The summed E-state index contributed by atoms with van der Waals surface area (Å²) >= 11 is 5.39. The molecule has 0 radical (unpaired) electrons. The van der Waals surface area contributed by atoms with Crippen molar-refractivity contribution >= 4 is 35.0 Å². The molecule has 1 saturated heterocycles. The summed E-state index contributed by atoms with van der Waals surface area (Å²) < 4.78 is 13.1. The number of nitrogens with one attached hydrogen (secondary N) is 1. The molecular formula is C25H25N5O5S. The smallest absolute Gasteiger partial charge is 0.276 e. The van der Waals surface area contributed by atoms with Gasteiger partial charge in [0.2, 0.25) is 0 Å². The Balaban J connectivity index is 1.50. The van der Waals surface area contributed by atoms with Crippen LogP contribution in [-0.2, 0) is 24.5 Å². The van der Waals surface area contributed by atoms with E-state index >= 15 is 0 Å². The topological polar surface area (TPSA) is 112 Å². The molecule has 1 fully saturated rings. The molecule has 0 unspecified atom stereocenters. The van der Waals surface area contributed by atoms with Crippen molar-refractivity contribution in [2.75, 3.05) is 7.11 Å². The van der Waals surface area contributed by atoms with Crippen LogP contribution >= 0.6 is 12.2 Å². The molecule has 3 aromatic rings. The number of hydrogen-bond donors (Lipinski definition) is 1. The van der Waals surface area contributed by atoms with Gasteiger partial charge < -0.3 is 14.8 Å². The van der Waals surface area contributed by atoms with E-state index in [1.807, 2.05) is 25.3 Å². The number of nitro benzene ring substituents is 1. The van der Waals surface area contributed by atoms with Crippen molar-refractivity contribution in [3.05, 3.63) is 86.9 Å². The summed E-state index contributed by atoms with van der Waals surface area (Å²) in [4.78, 5) is 25.1. The lowest BCUT2D eigenvalue weighted by molar-refractivity contribution is -0.385. The summed E-state index contributed by atoms with van der Waals surface area (Å²) in [5.41, 5.74) is 3.31. The maximum atomic E-state index is 13.0. The summed E-state index contributed by atoms with van der Waals surface area (Å²) in [6.45, 7) is 4.90. The molecule has 0 saturated carbocycles. The Morgan fingerprint density at radius 2 is 2.06 bits per heavy atom. The second-order valence-electron chi connectivity index (χ2n) is 8.15. The Kier molecular flexibility index (Phi) is 7.30. The first-order valence-electron chi connectivity index (χ1n) is 11.2. The van der Waals surface area contributed by atoms with Crippen molar-refractivity contribution in [1.82, 2.24) is 20.0 Å². The second kappa shape index (κ2) is 10.6. The van der Waals surface area contributed by atoms with Crippen LogP contribution in [0.15, 0.2) is 54.5 Å². The Morgan fingerprint density at radius 1 is 1.25 bits per heavy atom. The standard InChI is InChI=1S/C25H25N5O5S/c1-4-28-13-18(12-26-28)14-29-24(31)21(27-25(29)36)11-17-5-8-23(34-3)19(10-17)15-35-20-6-7-22(30(32)33)16(2)9-20/h5-13H,4,14-15H2,1-3H3,(H,27,36)/b21-11+. The first-order valence-corrected chi connectivity index (χ1v) is 11.6. The van der Waals surface area contributed by atoms with Crippen molar-refractivity contribution in [3.63, 3.8) is 0 Å². The SMILES string of the molecule is CCn1cc(CN2C(=O)/C(=C\c3ccc(OC)c(COc4ccc([N+](=O)[O-])c(C)c4)c3)NC2=S)cn1. The van der Waals surface area contributed by atoms with E-state index in [9.17, 15) is 14.9 Å². The molecule has 1 aliphatic rings. The van der Waals surface area contributed by atoms with Crippen molar-refractivity contribution in [3.8, 4) is 11.5 Å². The highest BCUT2D eigenvalue weighted by Gasteiger charge is 2.31. The molecule has 186 valence electrons. The molecule has 4 rings (SSSR count). The van der Waals surface area contributed by atoms with Crippen molar-refractivity contribution in [2.24, 2.45) is 0 Å². The van der Waals surface area contributed by atoms with Crippen LogP contribution in [0.4, 0.5) is 5.69 Å². The van der Waals surface area contributed by atoms with Gasteiger partial charge in [0.05, 0.1) is 24.8 Å². The van der Waals surface area contributed by atoms with Crippen LogP contribution < -0.4 is 14.8 Å². The zero-order valence-corrected chi connectivity index (χ0v) is 20.9. The molecule has 2 aromatic carbocycles. The monoisotopic (exact) mass is 507 g/mol. The van der Waals surface area contributed by atoms with Gasteiger partial charge in [0, 0.05) is 35.5 Å². The van der Waals surface area contributed by atoms with E-state index in [0.717, 1.165) is 23.2 Å². The van der Waals surface area contributed by atoms with Crippen LogP contribution in [0.25, 0.3) is 6.08 Å². The first-order chi connectivity index (χ1) is 17.3. The molecule has 11 heteroatoms. The first kappa shape index (κ1) is 24.9. The number of methoxy groups -OCH3 is 1. The van der Waals surface area contributed by atoms with Gasteiger partial charge in [-0.2, -0.15) is 5.10 Å².